The predicted octanol–water partition coefficient (Wildman–Crippen LogP) is 3.21. The van der Waals surface area contributed by atoms with Crippen molar-refractivity contribution in [2.75, 3.05) is 49.1 Å². The molecule has 0 amide bonds. The van der Waals surface area contributed by atoms with Gasteiger partial charge in [-0.1, -0.05) is 41.7 Å². The van der Waals surface area contributed by atoms with Crippen LogP contribution in [0.1, 0.15) is 37.2 Å². The van der Waals surface area contributed by atoms with Crippen LogP contribution < -0.4 is 9.80 Å². The molecule has 5 nitrogen and oxygen atoms in total. The van der Waals surface area contributed by atoms with E-state index in [-0.39, 0.29) is 0 Å². The largest absolute Gasteiger partial charge is 0.347 e. The molecule has 3 saturated heterocycles. The SMILES string of the molecule is c1ccc(C2CCN(c3nnc(N4CCN5CCC[C@H]5C4)s3)CC2)cc1. The van der Waals surface area contributed by atoms with Gasteiger partial charge in [0.15, 0.2) is 0 Å². The molecule has 0 spiro atoms. The first-order valence-electron chi connectivity index (χ1n) is 9.99. The van der Waals surface area contributed by atoms with Gasteiger partial charge in [0.1, 0.15) is 0 Å². The molecular formula is C20H27N5S. The van der Waals surface area contributed by atoms with Gasteiger partial charge >= 0.3 is 0 Å². The lowest BCUT2D eigenvalue weighted by molar-refractivity contribution is 0.231. The van der Waals surface area contributed by atoms with Crippen LogP contribution in [0.4, 0.5) is 10.3 Å². The number of anilines is 2. The highest BCUT2D eigenvalue weighted by Crippen LogP contribution is 2.34. The van der Waals surface area contributed by atoms with E-state index in [1.807, 2.05) is 0 Å². The second-order valence-corrected chi connectivity index (χ2v) is 8.75. The average Bonchev–Trinajstić information content (AvgIpc) is 3.38. The van der Waals surface area contributed by atoms with E-state index in [0.29, 0.717) is 5.92 Å². The number of nitrogens with zero attached hydrogens (tertiary/aromatic N) is 5. The molecule has 0 bridgehead atoms. The van der Waals surface area contributed by atoms with Gasteiger partial charge in [-0.15, -0.1) is 10.2 Å². The molecule has 0 saturated carbocycles. The molecule has 1 aromatic carbocycles. The molecule has 138 valence electrons. The van der Waals surface area contributed by atoms with Crippen molar-refractivity contribution < 1.29 is 0 Å². The van der Waals surface area contributed by atoms with Crippen molar-refractivity contribution >= 4 is 21.6 Å². The summed E-state index contributed by atoms with van der Waals surface area (Å²) in [6.07, 6.45) is 5.12. The maximum atomic E-state index is 4.54. The van der Waals surface area contributed by atoms with Crippen molar-refractivity contribution in [2.45, 2.75) is 37.6 Å². The first-order chi connectivity index (χ1) is 12.9. The fourth-order valence-corrected chi connectivity index (χ4v) is 5.69. The molecule has 0 radical (unpaired) electrons. The van der Waals surface area contributed by atoms with Crippen molar-refractivity contribution in [3.63, 3.8) is 0 Å². The Hall–Kier alpha value is -1.66. The summed E-state index contributed by atoms with van der Waals surface area (Å²) < 4.78 is 0. The number of hydrogen-bond donors (Lipinski definition) is 0. The first-order valence-corrected chi connectivity index (χ1v) is 10.8. The molecule has 3 fully saturated rings. The number of aromatic nitrogens is 2. The van der Waals surface area contributed by atoms with Gasteiger partial charge in [-0.05, 0) is 43.7 Å². The van der Waals surface area contributed by atoms with E-state index in [1.54, 1.807) is 11.3 Å². The number of piperazine rings is 1. The summed E-state index contributed by atoms with van der Waals surface area (Å²) in [7, 11) is 0. The Kier molecular flexibility index (Phi) is 4.55. The Balaban J connectivity index is 1.21. The van der Waals surface area contributed by atoms with Crippen LogP contribution >= 0.6 is 11.3 Å². The number of benzene rings is 1. The Morgan fingerprint density at radius 1 is 0.808 bits per heavy atom. The van der Waals surface area contributed by atoms with E-state index in [1.165, 1.54) is 44.3 Å². The van der Waals surface area contributed by atoms with Gasteiger partial charge in [0, 0.05) is 38.8 Å². The molecule has 5 rings (SSSR count). The maximum absolute atomic E-state index is 4.54. The normalized spacial score (nSPS) is 24.8. The number of piperidine rings is 1. The third-order valence-electron chi connectivity index (χ3n) is 6.30. The summed E-state index contributed by atoms with van der Waals surface area (Å²) in [6, 6.07) is 11.7. The van der Waals surface area contributed by atoms with E-state index in [2.05, 4.69) is 55.2 Å². The van der Waals surface area contributed by atoms with Crippen LogP contribution in [0.25, 0.3) is 0 Å². The Labute approximate surface area is 159 Å². The minimum absolute atomic E-state index is 0.690. The minimum Gasteiger partial charge on any atom is -0.347 e. The molecule has 1 aromatic heterocycles. The fraction of sp³-hybridized carbons (Fsp3) is 0.600. The Morgan fingerprint density at radius 2 is 1.58 bits per heavy atom. The quantitative estimate of drug-likeness (QED) is 0.830. The highest BCUT2D eigenvalue weighted by Gasteiger charge is 2.32. The zero-order valence-electron chi connectivity index (χ0n) is 15.3. The zero-order chi connectivity index (χ0) is 17.3. The van der Waals surface area contributed by atoms with Gasteiger partial charge in [-0.25, -0.2) is 0 Å². The monoisotopic (exact) mass is 369 g/mol. The zero-order valence-corrected chi connectivity index (χ0v) is 16.1. The van der Waals surface area contributed by atoms with Crippen LogP contribution in [-0.4, -0.2) is 60.4 Å². The summed E-state index contributed by atoms with van der Waals surface area (Å²) in [5, 5.41) is 11.3. The number of hydrogen-bond acceptors (Lipinski definition) is 6. The molecule has 0 N–H and O–H groups in total. The predicted molar refractivity (Wildman–Crippen MR) is 107 cm³/mol. The summed E-state index contributed by atoms with van der Waals surface area (Å²) in [5.41, 5.74) is 1.49. The average molecular weight is 370 g/mol. The smallest absolute Gasteiger partial charge is 0.210 e. The lowest BCUT2D eigenvalue weighted by Gasteiger charge is -2.37. The second-order valence-electron chi connectivity index (χ2n) is 7.82. The van der Waals surface area contributed by atoms with E-state index >= 15 is 0 Å². The molecule has 2 aromatic rings. The van der Waals surface area contributed by atoms with Crippen LogP contribution in [0.3, 0.4) is 0 Å². The van der Waals surface area contributed by atoms with Gasteiger partial charge < -0.3 is 9.80 Å². The van der Waals surface area contributed by atoms with Crippen molar-refractivity contribution in [3.8, 4) is 0 Å². The van der Waals surface area contributed by atoms with Crippen molar-refractivity contribution in [1.29, 1.82) is 0 Å². The van der Waals surface area contributed by atoms with Gasteiger partial charge in [-0.3, -0.25) is 4.90 Å². The molecule has 6 heteroatoms. The highest BCUT2D eigenvalue weighted by atomic mass is 32.1. The molecule has 1 atom stereocenters. The molecule has 26 heavy (non-hydrogen) atoms. The summed E-state index contributed by atoms with van der Waals surface area (Å²) in [5.74, 6) is 0.690. The van der Waals surface area contributed by atoms with Crippen LogP contribution in [-0.2, 0) is 0 Å². The summed E-state index contributed by atoms with van der Waals surface area (Å²) in [6.45, 7) is 6.87. The van der Waals surface area contributed by atoms with Gasteiger partial charge in [0.25, 0.3) is 0 Å². The van der Waals surface area contributed by atoms with E-state index < -0.39 is 0 Å². The molecule has 4 heterocycles. The van der Waals surface area contributed by atoms with E-state index in [4.69, 9.17) is 0 Å². The van der Waals surface area contributed by atoms with Crippen LogP contribution in [0.2, 0.25) is 0 Å². The summed E-state index contributed by atoms with van der Waals surface area (Å²) in [4.78, 5) is 7.55. The van der Waals surface area contributed by atoms with Crippen molar-refractivity contribution in [3.05, 3.63) is 35.9 Å². The second kappa shape index (κ2) is 7.16. The standard InChI is InChI=1S/C20H27N5S/c1-2-5-16(6-3-1)17-8-11-24(12-9-17)19-21-22-20(26-19)25-14-13-23-10-4-7-18(23)15-25/h1-3,5-6,17-18H,4,7-15H2/t18-/m0/s1. The first kappa shape index (κ1) is 16.5. The Bertz CT molecular complexity index is 725. The van der Waals surface area contributed by atoms with Crippen LogP contribution in [0, 0.1) is 0 Å². The van der Waals surface area contributed by atoms with E-state index in [0.717, 1.165) is 42.5 Å². The number of fused-ring (bicyclic) bond motifs is 1. The lowest BCUT2D eigenvalue weighted by Crippen LogP contribution is -2.50. The van der Waals surface area contributed by atoms with Gasteiger partial charge in [0.05, 0.1) is 0 Å². The van der Waals surface area contributed by atoms with Crippen LogP contribution in [0.5, 0.6) is 0 Å². The molecule has 0 unspecified atom stereocenters. The molecule has 0 aliphatic carbocycles. The van der Waals surface area contributed by atoms with Crippen molar-refractivity contribution in [2.24, 2.45) is 0 Å². The third kappa shape index (κ3) is 3.21. The molecule has 3 aliphatic rings. The molecule has 3 aliphatic heterocycles. The van der Waals surface area contributed by atoms with Crippen molar-refractivity contribution in [1.82, 2.24) is 15.1 Å². The Morgan fingerprint density at radius 3 is 2.38 bits per heavy atom. The van der Waals surface area contributed by atoms with E-state index in [9.17, 15) is 0 Å². The topological polar surface area (TPSA) is 35.5 Å². The fourth-order valence-electron chi connectivity index (χ4n) is 4.76. The molecular weight excluding hydrogens is 342 g/mol. The highest BCUT2D eigenvalue weighted by molar-refractivity contribution is 7.19. The maximum Gasteiger partial charge on any atom is 0.210 e. The summed E-state index contributed by atoms with van der Waals surface area (Å²) >= 11 is 1.79. The lowest BCUT2D eigenvalue weighted by atomic mass is 9.90. The number of rotatable bonds is 3. The minimum atomic E-state index is 0.690. The van der Waals surface area contributed by atoms with Gasteiger partial charge in [0.2, 0.25) is 10.3 Å². The van der Waals surface area contributed by atoms with Gasteiger partial charge in [-0.2, -0.15) is 0 Å². The third-order valence-corrected chi connectivity index (χ3v) is 7.34. The van der Waals surface area contributed by atoms with Crippen LogP contribution in [0.15, 0.2) is 30.3 Å².